The minimum Gasteiger partial charge on any atom is -0.387 e. The first-order chi connectivity index (χ1) is 10.1. The number of ether oxygens (including phenoxy) is 2. The van der Waals surface area contributed by atoms with Crippen LogP contribution in [0.3, 0.4) is 0 Å². The zero-order valence-corrected chi connectivity index (χ0v) is 11.6. The minimum atomic E-state index is -1.15. The number of nitrogen functional groups attached to an aromatic ring is 1. The summed E-state index contributed by atoms with van der Waals surface area (Å²) in [5.74, 6) is 0.230. The Morgan fingerprint density at radius 2 is 2.14 bits per heavy atom. The molecule has 1 saturated heterocycles. The van der Waals surface area contributed by atoms with Crippen LogP contribution in [0.5, 0.6) is 0 Å². The van der Waals surface area contributed by atoms with Crippen molar-refractivity contribution in [2.75, 3.05) is 18.4 Å². The maximum atomic E-state index is 10.1. The van der Waals surface area contributed by atoms with Crippen LogP contribution in [0.1, 0.15) is 6.23 Å². The van der Waals surface area contributed by atoms with E-state index in [9.17, 15) is 10.2 Å². The average Bonchev–Trinajstić information content (AvgIpc) is 3.02. The van der Waals surface area contributed by atoms with Gasteiger partial charge in [-0.05, 0) is 0 Å². The molecule has 2 aromatic heterocycles. The van der Waals surface area contributed by atoms with E-state index in [1.807, 2.05) is 0 Å². The van der Waals surface area contributed by atoms with Crippen molar-refractivity contribution in [2.24, 2.45) is 0 Å². The van der Waals surface area contributed by atoms with Gasteiger partial charge in [-0.3, -0.25) is 4.57 Å². The quantitative estimate of drug-likeness (QED) is 0.628. The molecule has 9 nitrogen and oxygen atoms in total. The molecule has 0 radical (unpaired) electrons. The van der Waals surface area contributed by atoms with Crippen molar-refractivity contribution in [3.8, 4) is 0 Å². The Hall–Kier alpha value is -1.52. The molecule has 4 atom stereocenters. The highest BCUT2D eigenvalue weighted by atomic mass is 35.5. The Labute approximate surface area is 124 Å². The maximum absolute atomic E-state index is 10.1. The van der Waals surface area contributed by atoms with E-state index in [0.717, 1.165) is 0 Å². The van der Waals surface area contributed by atoms with Gasteiger partial charge in [0, 0.05) is 0 Å². The summed E-state index contributed by atoms with van der Waals surface area (Å²) in [6.07, 6.45) is -1.07. The van der Waals surface area contributed by atoms with E-state index in [0.29, 0.717) is 11.2 Å². The lowest BCUT2D eigenvalue weighted by Gasteiger charge is -2.16. The monoisotopic (exact) mass is 315 g/mol. The molecule has 114 valence electrons. The van der Waals surface area contributed by atoms with Crippen LogP contribution in [0, 0.1) is 0 Å². The van der Waals surface area contributed by atoms with E-state index in [4.69, 9.17) is 26.8 Å². The van der Waals surface area contributed by atoms with Gasteiger partial charge in [0.15, 0.2) is 17.7 Å². The Morgan fingerprint density at radius 3 is 2.90 bits per heavy atom. The molecule has 2 unspecified atom stereocenters. The summed E-state index contributed by atoms with van der Waals surface area (Å²) in [5, 5.41) is 20.1. The molecule has 0 amide bonds. The van der Waals surface area contributed by atoms with Crippen LogP contribution in [0.25, 0.3) is 11.2 Å². The molecule has 0 spiro atoms. The van der Waals surface area contributed by atoms with Crippen LogP contribution in [-0.4, -0.2) is 60.7 Å². The number of rotatable bonds is 4. The number of hydrogen-bond acceptors (Lipinski definition) is 8. The molecule has 10 heteroatoms. The molecular weight excluding hydrogens is 302 g/mol. The van der Waals surface area contributed by atoms with Gasteiger partial charge in [-0.15, -0.1) is 0 Å². The van der Waals surface area contributed by atoms with Crippen molar-refractivity contribution in [3.63, 3.8) is 0 Å². The normalized spacial score (nSPS) is 29.3. The van der Waals surface area contributed by atoms with Gasteiger partial charge in [0.1, 0.15) is 36.2 Å². The second-order valence-corrected chi connectivity index (χ2v) is 4.83. The smallest absolute Gasteiger partial charge is 0.167 e. The van der Waals surface area contributed by atoms with Crippen LogP contribution in [0.2, 0.25) is 0 Å². The van der Waals surface area contributed by atoms with E-state index in [1.165, 1.54) is 17.2 Å². The van der Waals surface area contributed by atoms with Crippen molar-refractivity contribution in [1.82, 2.24) is 19.5 Å². The molecule has 0 aliphatic carbocycles. The number of alkyl halides is 1. The molecule has 1 aliphatic rings. The summed E-state index contributed by atoms with van der Waals surface area (Å²) < 4.78 is 12.1. The topological polar surface area (TPSA) is 129 Å². The number of aliphatic hydroxyl groups is 2. The Morgan fingerprint density at radius 1 is 1.33 bits per heavy atom. The van der Waals surface area contributed by atoms with Crippen LogP contribution in [-0.2, 0) is 9.47 Å². The Kier molecular flexibility index (Phi) is 3.91. The summed E-state index contributed by atoms with van der Waals surface area (Å²) in [7, 11) is 0. The zero-order chi connectivity index (χ0) is 15.0. The maximum Gasteiger partial charge on any atom is 0.167 e. The lowest BCUT2D eigenvalue weighted by molar-refractivity contribution is -0.0601. The molecule has 0 saturated carbocycles. The lowest BCUT2D eigenvalue weighted by atomic mass is 10.1. The second kappa shape index (κ2) is 5.70. The van der Waals surface area contributed by atoms with E-state index in [-0.39, 0.29) is 18.5 Å². The first-order valence-electron chi connectivity index (χ1n) is 6.21. The third-order valence-corrected chi connectivity index (χ3v) is 3.51. The summed E-state index contributed by atoms with van der Waals surface area (Å²) in [6.45, 7) is 0.0714. The van der Waals surface area contributed by atoms with Crippen LogP contribution in [0.4, 0.5) is 5.82 Å². The summed E-state index contributed by atoms with van der Waals surface area (Å²) in [4.78, 5) is 12.0. The van der Waals surface area contributed by atoms with Gasteiger partial charge < -0.3 is 25.4 Å². The van der Waals surface area contributed by atoms with E-state index in [2.05, 4.69) is 15.0 Å². The van der Waals surface area contributed by atoms with Gasteiger partial charge >= 0.3 is 0 Å². The van der Waals surface area contributed by atoms with Gasteiger partial charge in [-0.25, -0.2) is 15.0 Å². The number of aliphatic hydroxyl groups excluding tert-OH is 2. The standard InChI is InChI=1S/C11H14ClN5O4/c12-2-20-1-5-7(18)8(19)11(21-5)17-4-16-6-9(13)14-3-15-10(6)17/h3-5,7-8,11,18-19H,1-2H2,(H2,13,14,15)/t5-,7?,8?,11-/m1/s1. The highest BCUT2D eigenvalue weighted by Gasteiger charge is 2.44. The number of anilines is 1. The number of hydrogen-bond donors (Lipinski definition) is 3. The third kappa shape index (κ3) is 2.43. The predicted molar refractivity (Wildman–Crippen MR) is 72.3 cm³/mol. The van der Waals surface area contributed by atoms with Gasteiger partial charge in [-0.2, -0.15) is 0 Å². The van der Waals surface area contributed by atoms with Crippen LogP contribution < -0.4 is 5.73 Å². The number of imidazole rings is 1. The molecule has 4 N–H and O–H groups in total. The van der Waals surface area contributed by atoms with Crippen LogP contribution in [0.15, 0.2) is 12.7 Å². The molecule has 1 aliphatic heterocycles. The van der Waals surface area contributed by atoms with Gasteiger partial charge in [0.05, 0.1) is 12.9 Å². The fourth-order valence-electron chi connectivity index (χ4n) is 2.31. The molecule has 0 bridgehead atoms. The number of aromatic nitrogens is 4. The lowest BCUT2D eigenvalue weighted by Crippen LogP contribution is -2.33. The first kappa shape index (κ1) is 14.4. The second-order valence-electron chi connectivity index (χ2n) is 4.61. The fraction of sp³-hybridized carbons (Fsp3) is 0.545. The molecule has 1 fully saturated rings. The molecular formula is C11H14ClN5O4. The number of fused-ring (bicyclic) bond motifs is 1. The van der Waals surface area contributed by atoms with Crippen molar-refractivity contribution >= 4 is 28.6 Å². The summed E-state index contributed by atoms with van der Waals surface area (Å²) >= 11 is 5.43. The fourth-order valence-corrected chi connectivity index (χ4v) is 2.40. The highest BCUT2D eigenvalue weighted by Crippen LogP contribution is 2.32. The largest absolute Gasteiger partial charge is 0.387 e. The minimum absolute atomic E-state index is 0.0227. The summed E-state index contributed by atoms with van der Waals surface area (Å²) in [5.41, 5.74) is 6.53. The highest BCUT2D eigenvalue weighted by molar-refractivity contribution is 6.17. The van der Waals surface area contributed by atoms with E-state index < -0.39 is 24.5 Å². The van der Waals surface area contributed by atoms with Crippen molar-refractivity contribution < 1.29 is 19.7 Å². The van der Waals surface area contributed by atoms with Gasteiger partial charge in [-0.1, -0.05) is 11.6 Å². The van der Waals surface area contributed by atoms with Crippen molar-refractivity contribution in [3.05, 3.63) is 12.7 Å². The van der Waals surface area contributed by atoms with Crippen molar-refractivity contribution in [2.45, 2.75) is 24.5 Å². The number of nitrogens with two attached hydrogens (primary N) is 1. The first-order valence-corrected chi connectivity index (χ1v) is 6.75. The van der Waals surface area contributed by atoms with Crippen molar-refractivity contribution in [1.29, 1.82) is 0 Å². The third-order valence-electron chi connectivity index (χ3n) is 3.36. The predicted octanol–water partition coefficient (Wildman–Crippen LogP) is -0.759. The van der Waals surface area contributed by atoms with E-state index >= 15 is 0 Å². The van der Waals surface area contributed by atoms with Crippen LogP contribution >= 0.6 is 11.6 Å². The SMILES string of the molecule is Nc1ncnc2c1ncn2[C@@H]1O[C@H](COCCl)C(O)C1O. The molecule has 21 heavy (non-hydrogen) atoms. The Bertz CT molecular complexity index is 638. The van der Waals surface area contributed by atoms with E-state index in [1.54, 1.807) is 0 Å². The Balaban J connectivity index is 1.90. The zero-order valence-electron chi connectivity index (χ0n) is 10.8. The average molecular weight is 316 g/mol. The van der Waals surface area contributed by atoms with Gasteiger partial charge in [0.25, 0.3) is 0 Å². The number of nitrogens with zero attached hydrogens (tertiary/aromatic N) is 4. The molecule has 2 aromatic rings. The van der Waals surface area contributed by atoms with Gasteiger partial charge in [0.2, 0.25) is 0 Å². The number of halogens is 1. The molecule has 3 heterocycles. The molecule has 3 rings (SSSR count). The summed E-state index contributed by atoms with van der Waals surface area (Å²) in [6, 6.07) is -0.0227. The molecule has 0 aromatic carbocycles.